The molecular weight excluding hydrogens is 472 g/mol. The molecule has 7 heteroatoms. The van der Waals surface area contributed by atoms with Crippen molar-refractivity contribution in [1.82, 2.24) is 10.2 Å². The van der Waals surface area contributed by atoms with Crippen LogP contribution in [-0.2, 0) is 10.2 Å². The maximum absolute atomic E-state index is 12.0. The molecule has 6 nitrogen and oxygen atoms in total. The fourth-order valence-corrected chi connectivity index (χ4v) is 6.94. The molecule has 0 spiro atoms. The first-order chi connectivity index (χ1) is 17.2. The number of nitrogens with one attached hydrogen (secondary N) is 1. The van der Waals surface area contributed by atoms with E-state index in [-0.39, 0.29) is 23.4 Å². The Hall–Kier alpha value is -2.35. The number of benzene rings is 1. The Bertz CT molecular complexity index is 1080. The van der Waals surface area contributed by atoms with E-state index < -0.39 is 11.0 Å². The smallest absolute Gasteiger partial charge is 0.243 e. The largest absolute Gasteiger partial charge is 0.504 e. The van der Waals surface area contributed by atoms with Crippen molar-refractivity contribution in [2.24, 2.45) is 5.92 Å². The molecule has 3 fully saturated rings. The van der Waals surface area contributed by atoms with E-state index in [0.29, 0.717) is 0 Å². The highest BCUT2D eigenvalue weighted by atomic mass is 32.1. The third-order valence-corrected chi connectivity index (χ3v) is 9.26. The fourth-order valence-electron chi connectivity index (χ4n) is 6.32. The van der Waals surface area contributed by atoms with Crippen LogP contribution in [0.25, 0.3) is 6.08 Å². The number of fused-ring (bicyclic) bond motifs is 1. The average Bonchev–Trinajstić information content (AvgIpc) is 3.54. The molecule has 2 aliphatic carbocycles. The van der Waals surface area contributed by atoms with Gasteiger partial charge in [-0.25, -0.2) is 0 Å². The van der Waals surface area contributed by atoms with Gasteiger partial charge >= 0.3 is 0 Å². The number of hydrogen-bond donors (Lipinski definition) is 4. The van der Waals surface area contributed by atoms with Crippen LogP contribution in [0.5, 0.6) is 11.5 Å². The van der Waals surface area contributed by atoms with E-state index in [2.05, 4.69) is 17.1 Å². The predicted octanol–water partition coefficient (Wildman–Crippen LogP) is 4.96. The number of aryl methyl sites for hydroxylation is 1. The van der Waals surface area contributed by atoms with Gasteiger partial charge in [-0.05, 0) is 98.5 Å². The Morgan fingerprint density at radius 2 is 1.94 bits per heavy atom. The number of likely N-dealkylation sites (N-methyl/N-ethyl adjacent to an activating group) is 1. The maximum atomic E-state index is 12.0. The fraction of sp³-hybridized carbons (Fsp3) is 0.552. The molecule has 1 saturated heterocycles. The van der Waals surface area contributed by atoms with Crippen molar-refractivity contribution in [2.75, 3.05) is 20.1 Å². The zero-order chi connectivity index (χ0) is 25.9. The highest BCUT2D eigenvalue weighted by Gasteiger charge is 2.60. The van der Waals surface area contributed by atoms with Crippen LogP contribution in [-0.4, -0.2) is 57.9 Å². The van der Waals surface area contributed by atoms with E-state index >= 15 is 0 Å². The summed E-state index contributed by atoms with van der Waals surface area (Å²) in [4.78, 5) is 13.2. The number of carbonyl (C=O) groups is 1. The van der Waals surface area contributed by atoms with Crippen molar-refractivity contribution < 1.29 is 20.1 Å². The number of aliphatic hydroxyl groups is 1. The second kappa shape index (κ2) is 11.0. The van der Waals surface area contributed by atoms with Gasteiger partial charge in [-0.15, -0.1) is 0 Å². The summed E-state index contributed by atoms with van der Waals surface area (Å²) in [6.45, 7) is 6.19. The minimum Gasteiger partial charge on any atom is -0.504 e. The van der Waals surface area contributed by atoms with Crippen molar-refractivity contribution in [1.29, 1.82) is 0 Å². The average molecular weight is 513 g/mol. The molecule has 4 N–H and O–H groups in total. The lowest BCUT2D eigenvalue weighted by Crippen LogP contribution is -2.69. The van der Waals surface area contributed by atoms with Crippen LogP contribution < -0.4 is 5.32 Å². The number of amides is 1. The van der Waals surface area contributed by atoms with E-state index in [4.69, 9.17) is 0 Å². The SMILES string of the molecule is CNC(=O)/C=C/c1ccsc1.Cc1ccc(O)c(O)c1[C@@]12CCCCC1(O)[C@@H](C)N(CC1CC1)CC2. The molecule has 196 valence electrons. The second-order valence-electron chi connectivity index (χ2n) is 10.7. The lowest BCUT2D eigenvalue weighted by molar-refractivity contribution is -0.155. The predicted molar refractivity (Wildman–Crippen MR) is 145 cm³/mol. The summed E-state index contributed by atoms with van der Waals surface area (Å²) in [6.07, 6.45) is 10.5. The van der Waals surface area contributed by atoms with Crippen LogP contribution >= 0.6 is 11.3 Å². The highest BCUT2D eigenvalue weighted by molar-refractivity contribution is 7.08. The topological polar surface area (TPSA) is 93.0 Å². The van der Waals surface area contributed by atoms with Crippen LogP contribution in [0.15, 0.2) is 35.0 Å². The number of phenolic OH excluding ortho intramolecular Hbond substituents is 2. The molecule has 1 unspecified atom stereocenters. The lowest BCUT2D eigenvalue weighted by Gasteiger charge is -2.60. The third-order valence-electron chi connectivity index (χ3n) is 8.55. The second-order valence-corrected chi connectivity index (χ2v) is 11.5. The Morgan fingerprint density at radius 1 is 1.19 bits per heavy atom. The van der Waals surface area contributed by atoms with Crippen LogP contribution in [0.4, 0.5) is 0 Å². The Kier molecular flexibility index (Phi) is 8.12. The minimum absolute atomic E-state index is 0.0248. The van der Waals surface area contributed by atoms with Gasteiger partial charge < -0.3 is 20.6 Å². The van der Waals surface area contributed by atoms with Crippen LogP contribution in [0.1, 0.15) is 68.6 Å². The first-order valence-corrected chi connectivity index (χ1v) is 14.1. The van der Waals surface area contributed by atoms with Gasteiger partial charge in [-0.1, -0.05) is 18.9 Å². The summed E-state index contributed by atoms with van der Waals surface area (Å²) in [5.41, 5.74) is 1.51. The normalized spacial score (nSPS) is 28.3. The summed E-state index contributed by atoms with van der Waals surface area (Å²) in [5.74, 6) is 0.633. The Balaban J connectivity index is 0.000000233. The molecule has 3 aliphatic rings. The molecule has 0 bridgehead atoms. The van der Waals surface area contributed by atoms with Gasteiger partial charge in [0.1, 0.15) is 0 Å². The molecule has 2 aromatic rings. The molecule has 1 amide bonds. The molecular formula is C29H40N2O4S. The molecule has 3 atom stereocenters. The van der Waals surface area contributed by atoms with E-state index in [1.54, 1.807) is 30.5 Å². The molecule has 0 radical (unpaired) electrons. The molecule has 1 aliphatic heterocycles. The summed E-state index contributed by atoms with van der Waals surface area (Å²) >= 11 is 1.62. The number of thiophene rings is 1. The molecule has 36 heavy (non-hydrogen) atoms. The third kappa shape index (κ3) is 5.20. The van der Waals surface area contributed by atoms with Crippen molar-refractivity contribution in [3.63, 3.8) is 0 Å². The zero-order valence-corrected chi connectivity index (χ0v) is 22.5. The first-order valence-electron chi connectivity index (χ1n) is 13.1. The van der Waals surface area contributed by atoms with E-state index in [9.17, 15) is 20.1 Å². The first kappa shape index (κ1) is 26.7. The van der Waals surface area contributed by atoms with Gasteiger partial charge in [0.15, 0.2) is 11.5 Å². The number of likely N-dealkylation sites (tertiary alicyclic amines) is 1. The number of hydrogen-bond acceptors (Lipinski definition) is 6. The van der Waals surface area contributed by atoms with Gasteiger partial charge in [0.2, 0.25) is 5.91 Å². The van der Waals surface area contributed by atoms with Crippen LogP contribution in [0.3, 0.4) is 0 Å². The zero-order valence-electron chi connectivity index (χ0n) is 21.7. The monoisotopic (exact) mass is 512 g/mol. The summed E-state index contributed by atoms with van der Waals surface area (Å²) in [5, 5.41) is 39.3. The number of phenols is 2. The van der Waals surface area contributed by atoms with Crippen molar-refractivity contribution >= 4 is 23.3 Å². The Labute approximate surface area is 218 Å². The summed E-state index contributed by atoms with van der Waals surface area (Å²) in [7, 11) is 1.61. The Morgan fingerprint density at radius 3 is 2.61 bits per heavy atom. The van der Waals surface area contributed by atoms with E-state index in [1.165, 1.54) is 18.9 Å². The number of aromatic hydroxyl groups is 2. The van der Waals surface area contributed by atoms with E-state index in [1.807, 2.05) is 29.8 Å². The van der Waals surface area contributed by atoms with Crippen molar-refractivity contribution in [3.8, 4) is 11.5 Å². The highest BCUT2D eigenvalue weighted by Crippen LogP contribution is 2.57. The summed E-state index contributed by atoms with van der Waals surface area (Å²) < 4.78 is 0. The molecule has 2 saturated carbocycles. The molecule has 1 aromatic heterocycles. The van der Waals surface area contributed by atoms with Gasteiger partial charge in [0.25, 0.3) is 0 Å². The van der Waals surface area contributed by atoms with Crippen molar-refractivity contribution in [2.45, 2.75) is 75.9 Å². The molecule has 1 aromatic carbocycles. The van der Waals surface area contributed by atoms with Crippen molar-refractivity contribution in [3.05, 3.63) is 51.7 Å². The quantitative estimate of drug-likeness (QED) is 0.336. The summed E-state index contributed by atoms with van der Waals surface area (Å²) in [6, 6.07) is 5.46. The standard InChI is InChI=1S/C21H31NO3.C8H9NOS/c1-14-5-8-17(23)19(24)18(14)20-9-3-4-10-21(20,25)15(2)22(12-11-20)13-16-6-7-16;1-9-8(10)3-2-7-4-5-11-6-7/h5,8,15-16,23-25H,3-4,6-7,9-13H2,1-2H3;2-6H,1H3,(H,9,10)/b;3-2+/t15-,20+,21?;/m1./s1. The van der Waals surface area contributed by atoms with Crippen LogP contribution in [0, 0.1) is 12.8 Å². The lowest BCUT2D eigenvalue weighted by atomic mass is 9.53. The van der Waals surface area contributed by atoms with Crippen LogP contribution in [0.2, 0.25) is 0 Å². The van der Waals surface area contributed by atoms with Gasteiger partial charge in [-0.3, -0.25) is 9.69 Å². The molecule has 2 heterocycles. The van der Waals surface area contributed by atoms with E-state index in [0.717, 1.165) is 67.8 Å². The van der Waals surface area contributed by atoms with Gasteiger partial charge in [0, 0.05) is 36.7 Å². The van der Waals surface area contributed by atoms with Gasteiger partial charge in [0.05, 0.1) is 5.60 Å². The minimum atomic E-state index is -0.853. The maximum Gasteiger partial charge on any atom is 0.243 e. The number of carbonyl (C=O) groups excluding carboxylic acids is 1. The number of piperidine rings is 1. The molecule has 5 rings (SSSR count). The van der Waals surface area contributed by atoms with Gasteiger partial charge in [-0.2, -0.15) is 11.3 Å². The number of nitrogens with zero attached hydrogens (tertiary/aromatic N) is 1. The number of rotatable bonds is 5.